The van der Waals surface area contributed by atoms with Crippen LogP contribution in [-0.2, 0) is 4.79 Å². The van der Waals surface area contributed by atoms with Crippen LogP contribution in [0.5, 0.6) is 17.2 Å². The average Bonchev–Trinajstić information content (AvgIpc) is 2.70. The second-order valence-electron chi connectivity index (χ2n) is 6.16. The van der Waals surface area contributed by atoms with Crippen molar-refractivity contribution in [2.75, 3.05) is 26.4 Å². The summed E-state index contributed by atoms with van der Waals surface area (Å²) in [6.07, 6.45) is 1.79. The van der Waals surface area contributed by atoms with Gasteiger partial charge in [0.2, 0.25) is 0 Å². The molecule has 3 rings (SSSR count). The fourth-order valence-electron chi connectivity index (χ4n) is 2.88. The van der Waals surface area contributed by atoms with Crippen LogP contribution in [0.4, 0.5) is 0 Å². The number of ether oxygens (including phenoxy) is 3. The maximum Gasteiger partial charge on any atom is 0.257 e. The Morgan fingerprint density at radius 3 is 2.75 bits per heavy atom. The third-order valence-electron chi connectivity index (χ3n) is 4.15. The maximum atomic E-state index is 12.7. The molecular weight excluding hydrogens is 358 g/mol. The van der Waals surface area contributed by atoms with Crippen LogP contribution in [0.1, 0.15) is 29.8 Å². The molecule has 0 radical (unpaired) electrons. The van der Waals surface area contributed by atoms with Gasteiger partial charge < -0.3 is 19.5 Å². The molecule has 1 amide bonds. The van der Waals surface area contributed by atoms with E-state index in [1.54, 1.807) is 30.3 Å². The summed E-state index contributed by atoms with van der Waals surface area (Å²) in [5.41, 5.74) is 1.92. The van der Waals surface area contributed by atoms with Crippen LogP contribution in [0.3, 0.4) is 0 Å². The molecule has 0 aliphatic carbocycles. The SMILES string of the molecule is CCNC(=O)COc1ccc(C=C2COc3ccccc3C2=O)cc1OCC. The van der Waals surface area contributed by atoms with Crippen molar-refractivity contribution in [2.45, 2.75) is 13.8 Å². The number of para-hydroxylation sites is 1. The Balaban J connectivity index is 1.81. The fraction of sp³-hybridized carbons (Fsp3) is 0.273. The maximum absolute atomic E-state index is 12.7. The first-order valence-corrected chi connectivity index (χ1v) is 9.25. The van der Waals surface area contributed by atoms with Gasteiger partial charge >= 0.3 is 0 Å². The van der Waals surface area contributed by atoms with E-state index in [2.05, 4.69) is 5.32 Å². The van der Waals surface area contributed by atoms with E-state index in [-0.39, 0.29) is 24.9 Å². The first kappa shape index (κ1) is 19.5. The smallest absolute Gasteiger partial charge is 0.257 e. The Morgan fingerprint density at radius 1 is 1.14 bits per heavy atom. The number of rotatable bonds is 7. The highest BCUT2D eigenvalue weighted by atomic mass is 16.5. The number of nitrogens with one attached hydrogen (secondary N) is 1. The second kappa shape index (κ2) is 9.08. The van der Waals surface area contributed by atoms with Gasteiger partial charge in [-0.1, -0.05) is 18.2 Å². The van der Waals surface area contributed by atoms with Crippen LogP contribution >= 0.6 is 0 Å². The zero-order chi connectivity index (χ0) is 19.9. The molecule has 1 aliphatic rings. The van der Waals surface area contributed by atoms with Crippen LogP contribution in [0.25, 0.3) is 6.08 Å². The van der Waals surface area contributed by atoms with Crippen molar-refractivity contribution in [3.63, 3.8) is 0 Å². The molecule has 0 saturated heterocycles. The van der Waals surface area contributed by atoms with Gasteiger partial charge in [-0.15, -0.1) is 0 Å². The van der Waals surface area contributed by atoms with E-state index in [9.17, 15) is 9.59 Å². The average molecular weight is 381 g/mol. The molecule has 2 aromatic rings. The van der Waals surface area contributed by atoms with Crippen LogP contribution in [0.2, 0.25) is 0 Å². The summed E-state index contributed by atoms with van der Waals surface area (Å²) in [6.45, 7) is 4.85. The third-order valence-corrected chi connectivity index (χ3v) is 4.15. The Labute approximate surface area is 164 Å². The predicted molar refractivity (Wildman–Crippen MR) is 106 cm³/mol. The Hall–Kier alpha value is -3.28. The van der Waals surface area contributed by atoms with Gasteiger partial charge in [-0.25, -0.2) is 0 Å². The zero-order valence-corrected chi connectivity index (χ0v) is 16.0. The van der Waals surface area contributed by atoms with Gasteiger partial charge in [0.15, 0.2) is 23.9 Å². The number of amides is 1. The van der Waals surface area contributed by atoms with Crippen molar-refractivity contribution in [3.8, 4) is 17.2 Å². The van der Waals surface area contributed by atoms with Crippen molar-refractivity contribution in [1.29, 1.82) is 0 Å². The van der Waals surface area contributed by atoms with E-state index in [0.717, 1.165) is 5.56 Å². The molecule has 6 nitrogen and oxygen atoms in total. The minimum Gasteiger partial charge on any atom is -0.490 e. The third kappa shape index (κ3) is 4.52. The molecule has 28 heavy (non-hydrogen) atoms. The Bertz CT molecular complexity index is 904. The van der Waals surface area contributed by atoms with Crippen LogP contribution in [0, 0.1) is 0 Å². The number of hydrogen-bond acceptors (Lipinski definition) is 5. The Kier molecular flexibility index (Phi) is 6.32. The number of likely N-dealkylation sites (N-methyl/N-ethyl adjacent to an activating group) is 1. The minimum atomic E-state index is -0.195. The zero-order valence-electron chi connectivity index (χ0n) is 16.0. The number of carbonyl (C=O) groups is 2. The molecule has 1 heterocycles. The van der Waals surface area contributed by atoms with Gasteiger partial charge in [0.1, 0.15) is 12.4 Å². The molecule has 6 heteroatoms. The molecule has 0 spiro atoms. The van der Waals surface area contributed by atoms with E-state index < -0.39 is 0 Å². The van der Waals surface area contributed by atoms with Crippen LogP contribution in [0.15, 0.2) is 48.0 Å². The van der Waals surface area contributed by atoms with E-state index in [1.165, 1.54) is 0 Å². The molecule has 0 fully saturated rings. The highest BCUT2D eigenvalue weighted by Gasteiger charge is 2.22. The molecule has 2 aromatic carbocycles. The number of ketones is 1. The number of benzene rings is 2. The lowest BCUT2D eigenvalue weighted by atomic mass is 9.98. The summed E-state index contributed by atoms with van der Waals surface area (Å²) >= 11 is 0. The highest BCUT2D eigenvalue weighted by molar-refractivity contribution is 6.14. The van der Waals surface area contributed by atoms with Gasteiger partial charge in [0, 0.05) is 12.1 Å². The van der Waals surface area contributed by atoms with Crippen molar-refractivity contribution >= 4 is 17.8 Å². The van der Waals surface area contributed by atoms with E-state index in [4.69, 9.17) is 14.2 Å². The van der Waals surface area contributed by atoms with Gasteiger partial charge in [-0.2, -0.15) is 0 Å². The molecule has 0 bridgehead atoms. The number of Topliss-reactive ketones (excluding diaryl/α,β-unsaturated/α-hetero) is 1. The normalized spacial score (nSPS) is 14.2. The summed E-state index contributed by atoms with van der Waals surface area (Å²) < 4.78 is 16.9. The first-order valence-electron chi connectivity index (χ1n) is 9.25. The topological polar surface area (TPSA) is 73.9 Å². The minimum absolute atomic E-state index is 0.0450. The molecule has 146 valence electrons. The lowest BCUT2D eigenvalue weighted by Gasteiger charge is -2.18. The Morgan fingerprint density at radius 2 is 1.96 bits per heavy atom. The largest absolute Gasteiger partial charge is 0.490 e. The van der Waals surface area contributed by atoms with Gasteiger partial charge in [0.25, 0.3) is 5.91 Å². The van der Waals surface area contributed by atoms with Gasteiger partial charge in [0.05, 0.1) is 12.2 Å². The van der Waals surface area contributed by atoms with E-state index in [1.807, 2.05) is 32.0 Å². The monoisotopic (exact) mass is 381 g/mol. The summed E-state index contributed by atoms with van der Waals surface area (Å²) in [5, 5.41) is 2.68. The van der Waals surface area contributed by atoms with Crippen molar-refractivity contribution in [3.05, 3.63) is 59.2 Å². The molecule has 0 atom stereocenters. The molecular formula is C22H23NO5. The van der Waals surface area contributed by atoms with Crippen molar-refractivity contribution in [2.24, 2.45) is 0 Å². The quantitative estimate of drug-likeness (QED) is 0.745. The van der Waals surface area contributed by atoms with Crippen LogP contribution in [-0.4, -0.2) is 38.1 Å². The molecule has 1 N–H and O–H groups in total. The molecule has 1 aliphatic heterocycles. The van der Waals surface area contributed by atoms with E-state index >= 15 is 0 Å². The number of carbonyl (C=O) groups excluding carboxylic acids is 2. The van der Waals surface area contributed by atoms with Gasteiger partial charge in [-0.05, 0) is 49.8 Å². The van der Waals surface area contributed by atoms with Crippen molar-refractivity contribution < 1.29 is 23.8 Å². The number of hydrogen-bond donors (Lipinski definition) is 1. The molecule has 0 unspecified atom stereocenters. The van der Waals surface area contributed by atoms with E-state index in [0.29, 0.717) is 41.5 Å². The second-order valence-corrected chi connectivity index (χ2v) is 6.16. The lowest BCUT2D eigenvalue weighted by Crippen LogP contribution is -2.28. The van der Waals surface area contributed by atoms with Crippen LogP contribution < -0.4 is 19.5 Å². The fourth-order valence-corrected chi connectivity index (χ4v) is 2.88. The predicted octanol–water partition coefficient (Wildman–Crippen LogP) is 3.26. The summed E-state index contributed by atoms with van der Waals surface area (Å²) in [5.74, 6) is 1.36. The highest BCUT2D eigenvalue weighted by Crippen LogP contribution is 2.31. The molecule has 0 saturated carbocycles. The van der Waals surface area contributed by atoms with Gasteiger partial charge in [-0.3, -0.25) is 9.59 Å². The van der Waals surface area contributed by atoms with Crippen molar-refractivity contribution in [1.82, 2.24) is 5.32 Å². The first-order chi connectivity index (χ1) is 13.6. The summed E-state index contributed by atoms with van der Waals surface area (Å²) in [6, 6.07) is 12.5. The lowest BCUT2D eigenvalue weighted by molar-refractivity contribution is -0.123. The summed E-state index contributed by atoms with van der Waals surface area (Å²) in [7, 11) is 0. The number of fused-ring (bicyclic) bond motifs is 1. The summed E-state index contributed by atoms with van der Waals surface area (Å²) in [4.78, 5) is 24.3. The molecule has 0 aromatic heterocycles. The standard InChI is InChI=1S/C22H23NO5/c1-3-23-21(24)14-28-19-10-9-15(12-20(19)26-4-2)11-16-13-27-18-8-6-5-7-17(18)22(16)25/h5-12H,3-4,13-14H2,1-2H3,(H,23,24).